The highest BCUT2D eigenvalue weighted by molar-refractivity contribution is 5.95. The summed E-state index contributed by atoms with van der Waals surface area (Å²) in [5.74, 6) is 0.754. The van der Waals surface area contributed by atoms with Crippen LogP contribution in [0.2, 0.25) is 0 Å². The van der Waals surface area contributed by atoms with Gasteiger partial charge in [-0.1, -0.05) is 13.8 Å². The Kier molecular flexibility index (Phi) is 5.26. The molecule has 0 fully saturated rings. The third-order valence-electron chi connectivity index (χ3n) is 2.53. The Morgan fingerprint density at radius 2 is 2.25 bits per heavy atom. The van der Waals surface area contributed by atoms with E-state index in [1.54, 1.807) is 0 Å². The Morgan fingerprint density at radius 1 is 1.50 bits per heavy atom. The van der Waals surface area contributed by atoms with E-state index in [2.05, 4.69) is 13.8 Å². The second-order valence-corrected chi connectivity index (χ2v) is 4.52. The van der Waals surface area contributed by atoms with Gasteiger partial charge < -0.3 is 9.30 Å². The van der Waals surface area contributed by atoms with Crippen LogP contribution >= 0.6 is 0 Å². The maximum absolute atomic E-state index is 11.7. The van der Waals surface area contributed by atoms with E-state index in [4.69, 9.17) is 4.74 Å². The minimum Gasteiger partial charge on any atom is -0.373 e. The lowest BCUT2D eigenvalue weighted by atomic mass is 10.1. The van der Waals surface area contributed by atoms with Crippen LogP contribution in [0.5, 0.6) is 0 Å². The number of nitrogens with zero attached hydrogens (tertiary/aromatic N) is 1. The summed E-state index contributed by atoms with van der Waals surface area (Å²) in [6, 6.07) is 3.69. The van der Waals surface area contributed by atoms with E-state index in [1.807, 2.05) is 29.9 Å². The molecule has 16 heavy (non-hydrogen) atoms. The molecule has 1 rings (SSSR count). The van der Waals surface area contributed by atoms with Gasteiger partial charge in [0, 0.05) is 19.9 Å². The number of Topliss-reactive ketones (excluding diaryl/α,β-unsaturated/α-hetero) is 1. The van der Waals surface area contributed by atoms with Gasteiger partial charge in [0.05, 0.1) is 5.69 Å². The molecule has 0 unspecified atom stereocenters. The summed E-state index contributed by atoms with van der Waals surface area (Å²) < 4.78 is 7.18. The number of ketones is 1. The molecule has 0 atom stereocenters. The lowest BCUT2D eigenvalue weighted by Gasteiger charge is -2.06. The van der Waals surface area contributed by atoms with Crippen molar-refractivity contribution in [1.82, 2.24) is 4.57 Å². The molecule has 0 radical (unpaired) electrons. The number of carbonyl (C=O) groups is 1. The number of rotatable bonds is 7. The van der Waals surface area contributed by atoms with Gasteiger partial charge in [0.15, 0.2) is 0 Å². The molecule has 90 valence electrons. The van der Waals surface area contributed by atoms with Crippen molar-refractivity contribution in [2.24, 2.45) is 13.0 Å². The molecule has 0 aliphatic rings. The number of aromatic nitrogens is 1. The summed E-state index contributed by atoms with van der Waals surface area (Å²) in [7, 11) is 1.87. The van der Waals surface area contributed by atoms with E-state index < -0.39 is 0 Å². The van der Waals surface area contributed by atoms with Crippen molar-refractivity contribution in [3.8, 4) is 0 Å². The summed E-state index contributed by atoms with van der Waals surface area (Å²) in [6.45, 7) is 5.24. The highest BCUT2D eigenvalue weighted by Crippen LogP contribution is 2.04. The molecule has 0 amide bonds. The highest BCUT2D eigenvalue weighted by Gasteiger charge is 2.08. The topological polar surface area (TPSA) is 31.2 Å². The number of aryl methyl sites for hydroxylation is 1. The lowest BCUT2D eigenvalue weighted by molar-refractivity contribution is 0.0741. The fraction of sp³-hybridized carbons (Fsp3) is 0.615. The second kappa shape index (κ2) is 6.48. The Bertz CT molecular complexity index is 328. The van der Waals surface area contributed by atoms with Gasteiger partial charge in [-0.25, -0.2) is 0 Å². The first-order valence-electron chi connectivity index (χ1n) is 5.83. The maximum atomic E-state index is 11.7. The average Bonchev–Trinajstić information content (AvgIpc) is 2.63. The molecule has 3 nitrogen and oxygen atoms in total. The SMILES string of the molecule is CC(C)CCCOCC(=O)c1cccn1C. The van der Waals surface area contributed by atoms with Crippen LogP contribution < -0.4 is 0 Å². The van der Waals surface area contributed by atoms with Gasteiger partial charge in [0.1, 0.15) is 6.61 Å². The standard InChI is InChI=1S/C13H21NO2/c1-11(2)6-5-9-16-10-13(15)12-7-4-8-14(12)3/h4,7-8,11H,5-6,9-10H2,1-3H3. The molecule has 0 saturated heterocycles. The van der Waals surface area contributed by atoms with E-state index in [1.165, 1.54) is 0 Å². The molecule has 0 N–H and O–H groups in total. The first-order valence-corrected chi connectivity index (χ1v) is 5.83. The van der Waals surface area contributed by atoms with E-state index in [9.17, 15) is 4.79 Å². The molecule has 0 spiro atoms. The summed E-state index contributed by atoms with van der Waals surface area (Å²) in [6.07, 6.45) is 4.04. The van der Waals surface area contributed by atoms with Crippen LogP contribution in [0.15, 0.2) is 18.3 Å². The third-order valence-corrected chi connectivity index (χ3v) is 2.53. The van der Waals surface area contributed by atoms with Crippen LogP contribution in [0.1, 0.15) is 37.2 Å². The molecule has 0 aliphatic carbocycles. The van der Waals surface area contributed by atoms with Crippen molar-refractivity contribution in [2.75, 3.05) is 13.2 Å². The van der Waals surface area contributed by atoms with Gasteiger partial charge in [-0.05, 0) is 30.9 Å². The Morgan fingerprint density at radius 3 is 2.81 bits per heavy atom. The average molecular weight is 223 g/mol. The van der Waals surface area contributed by atoms with Gasteiger partial charge in [0.2, 0.25) is 5.78 Å². The maximum Gasteiger partial charge on any atom is 0.204 e. The predicted molar refractivity (Wildman–Crippen MR) is 64.6 cm³/mol. The van der Waals surface area contributed by atoms with Crippen molar-refractivity contribution < 1.29 is 9.53 Å². The van der Waals surface area contributed by atoms with E-state index in [0.29, 0.717) is 18.2 Å². The molecule has 0 bridgehead atoms. The second-order valence-electron chi connectivity index (χ2n) is 4.52. The number of carbonyl (C=O) groups excluding carboxylic acids is 1. The zero-order valence-corrected chi connectivity index (χ0v) is 10.4. The summed E-state index contributed by atoms with van der Waals surface area (Å²) in [5, 5.41) is 0. The number of hydrogen-bond acceptors (Lipinski definition) is 2. The predicted octanol–water partition coefficient (Wildman–Crippen LogP) is 2.66. The van der Waals surface area contributed by atoms with Gasteiger partial charge in [0.25, 0.3) is 0 Å². The van der Waals surface area contributed by atoms with Crippen molar-refractivity contribution in [3.05, 3.63) is 24.0 Å². The monoisotopic (exact) mass is 223 g/mol. The molecule has 0 saturated carbocycles. The Balaban J connectivity index is 2.19. The minimum absolute atomic E-state index is 0.0528. The first kappa shape index (κ1) is 13.0. The van der Waals surface area contributed by atoms with Crippen molar-refractivity contribution >= 4 is 5.78 Å². The van der Waals surface area contributed by atoms with Gasteiger partial charge in [-0.3, -0.25) is 4.79 Å². The zero-order valence-electron chi connectivity index (χ0n) is 10.4. The quantitative estimate of drug-likeness (QED) is 0.525. The molecule has 1 aromatic rings. The number of ether oxygens (including phenoxy) is 1. The first-order chi connectivity index (χ1) is 7.61. The fourth-order valence-electron chi connectivity index (χ4n) is 1.58. The van der Waals surface area contributed by atoms with Crippen LogP contribution in [-0.4, -0.2) is 23.6 Å². The summed E-state index contributed by atoms with van der Waals surface area (Å²) in [4.78, 5) is 11.7. The van der Waals surface area contributed by atoms with Crippen molar-refractivity contribution in [2.45, 2.75) is 26.7 Å². The third kappa shape index (κ3) is 4.19. The fourth-order valence-corrected chi connectivity index (χ4v) is 1.58. The van der Waals surface area contributed by atoms with Gasteiger partial charge in [-0.15, -0.1) is 0 Å². The smallest absolute Gasteiger partial charge is 0.204 e. The Labute approximate surface area is 97.4 Å². The lowest BCUT2D eigenvalue weighted by Crippen LogP contribution is -2.13. The molecular formula is C13H21NO2. The summed E-state index contributed by atoms with van der Waals surface area (Å²) >= 11 is 0. The van der Waals surface area contributed by atoms with Crippen LogP contribution in [0.25, 0.3) is 0 Å². The minimum atomic E-state index is 0.0528. The largest absolute Gasteiger partial charge is 0.373 e. The normalized spacial score (nSPS) is 11.0. The van der Waals surface area contributed by atoms with Gasteiger partial charge in [-0.2, -0.15) is 0 Å². The molecule has 1 aromatic heterocycles. The van der Waals surface area contributed by atoms with Crippen molar-refractivity contribution in [3.63, 3.8) is 0 Å². The zero-order chi connectivity index (χ0) is 12.0. The molecule has 1 heterocycles. The van der Waals surface area contributed by atoms with Crippen LogP contribution in [0.4, 0.5) is 0 Å². The molecule has 0 aliphatic heterocycles. The highest BCUT2D eigenvalue weighted by atomic mass is 16.5. The summed E-state index contributed by atoms with van der Waals surface area (Å²) in [5.41, 5.74) is 0.712. The van der Waals surface area contributed by atoms with E-state index in [-0.39, 0.29) is 12.4 Å². The number of hydrogen-bond donors (Lipinski definition) is 0. The van der Waals surface area contributed by atoms with Gasteiger partial charge >= 0.3 is 0 Å². The molecule has 3 heteroatoms. The van der Waals surface area contributed by atoms with Crippen LogP contribution in [-0.2, 0) is 11.8 Å². The van der Waals surface area contributed by atoms with Crippen LogP contribution in [0.3, 0.4) is 0 Å². The van der Waals surface area contributed by atoms with E-state index >= 15 is 0 Å². The molecule has 0 aromatic carbocycles. The molecular weight excluding hydrogens is 202 g/mol. The van der Waals surface area contributed by atoms with E-state index in [0.717, 1.165) is 12.8 Å². The van der Waals surface area contributed by atoms with Crippen molar-refractivity contribution in [1.29, 1.82) is 0 Å². The van der Waals surface area contributed by atoms with Crippen LogP contribution in [0, 0.1) is 5.92 Å². The Hall–Kier alpha value is -1.09.